The summed E-state index contributed by atoms with van der Waals surface area (Å²) in [6, 6.07) is 17.6. The molecular weight excluding hydrogens is 476 g/mol. The first kappa shape index (κ1) is 24.9. The van der Waals surface area contributed by atoms with Gasteiger partial charge in [-0.3, -0.25) is 14.9 Å². The highest BCUT2D eigenvalue weighted by Gasteiger charge is 2.23. The van der Waals surface area contributed by atoms with E-state index in [0.717, 1.165) is 29.8 Å². The van der Waals surface area contributed by atoms with Crippen molar-refractivity contribution in [3.05, 3.63) is 70.2 Å². The van der Waals surface area contributed by atoms with Crippen LogP contribution in [0.15, 0.2) is 48.5 Å². The van der Waals surface area contributed by atoms with Crippen molar-refractivity contribution >= 4 is 34.0 Å². The molecule has 3 N–H and O–H groups in total. The van der Waals surface area contributed by atoms with Crippen molar-refractivity contribution in [1.29, 1.82) is 10.5 Å². The van der Waals surface area contributed by atoms with Gasteiger partial charge in [-0.05, 0) is 61.7 Å². The van der Waals surface area contributed by atoms with E-state index in [4.69, 9.17) is 15.3 Å². The summed E-state index contributed by atoms with van der Waals surface area (Å²) in [5.41, 5.74) is 2.47. The number of benzene rings is 2. The zero-order valence-corrected chi connectivity index (χ0v) is 20.2. The van der Waals surface area contributed by atoms with Crippen molar-refractivity contribution in [2.75, 3.05) is 23.8 Å². The molecule has 0 aliphatic heterocycles. The Balaban J connectivity index is 1.30. The van der Waals surface area contributed by atoms with Gasteiger partial charge in [0.05, 0.1) is 23.4 Å². The van der Waals surface area contributed by atoms with Crippen molar-refractivity contribution in [2.24, 2.45) is 0 Å². The number of thiazole rings is 1. The third-order valence-electron chi connectivity index (χ3n) is 5.59. The second kappa shape index (κ2) is 11.9. The van der Waals surface area contributed by atoms with Crippen molar-refractivity contribution in [1.82, 2.24) is 10.3 Å². The normalized spacial score (nSPS) is 14.1. The lowest BCUT2D eigenvalue weighted by molar-refractivity contribution is -0.118. The van der Waals surface area contributed by atoms with E-state index in [9.17, 15) is 9.59 Å². The second-order valence-electron chi connectivity index (χ2n) is 8.20. The molecule has 1 heterocycles. The van der Waals surface area contributed by atoms with E-state index in [1.165, 1.54) is 11.3 Å². The van der Waals surface area contributed by atoms with E-state index in [-0.39, 0.29) is 18.4 Å². The molecule has 0 saturated carbocycles. The average Bonchev–Trinajstić information content (AvgIpc) is 3.30. The average molecular weight is 501 g/mol. The summed E-state index contributed by atoms with van der Waals surface area (Å²) in [4.78, 5) is 30.7. The maximum atomic E-state index is 12.8. The van der Waals surface area contributed by atoms with Crippen LogP contribution in [0.3, 0.4) is 0 Å². The Bertz CT molecular complexity index is 1320. The van der Waals surface area contributed by atoms with E-state index in [1.807, 2.05) is 6.07 Å². The number of carbonyl (C=O) groups excluding carboxylic acids is 2. The van der Waals surface area contributed by atoms with Gasteiger partial charge < -0.3 is 15.4 Å². The summed E-state index contributed by atoms with van der Waals surface area (Å²) in [6.07, 6.45) is 3.10. The molecule has 3 aromatic rings. The first-order valence-electron chi connectivity index (χ1n) is 11.5. The van der Waals surface area contributed by atoms with Crippen LogP contribution in [-0.4, -0.2) is 36.0 Å². The standard InChI is InChI=1S/C26H24N6O3S/c27-11-2-12-29-20-9-10-22-23(14-20)36-26(31-22)32-25(34)18-3-1-4-21(13-18)35-16-24(33)30-19-7-5-17(15-28)6-8-19/h1,3-8,13,20,29H,2,9-10,12,14,16H2,(H,30,33)(H,31,32,34)/t20-/m0/s1. The van der Waals surface area contributed by atoms with E-state index in [1.54, 1.807) is 48.5 Å². The molecule has 1 aliphatic rings. The van der Waals surface area contributed by atoms with Gasteiger partial charge in [-0.2, -0.15) is 10.5 Å². The van der Waals surface area contributed by atoms with Crippen LogP contribution in [0.1, 0.15) is 39.3 Å². The Morgan fingerprint density at radius 1 is 1.14 bits per heavy atom. The fraction of sp³-hybridized carbons (Fsp3) is 0.269. The van der Waals surface area contributed by atoms with Crippen LogP contribution < -0.4 is 20.7 Å². The Morgan fingerprint density at radius 3 is 2.75 bits per heavy atom. The van der Waals surface area contributed by atoms with Gasteiger partial charge in [0.1, 0.15) is 5.75 Å². The summed E-state index contributed by atoms with van der Waals surface area (Å²) in [5, 5.41) is 27.1. The van der Waals surface area contributed by atoms with Gasteiger partial charge in [0.15, 0.2) is 11.7 Å². The molecular formula is C26H24N6O3S. The summed E-state index contributed by atoms with van der Waals surface area (Å²) < 4.78 is 5.56. The topological polar surface area (TPSA) is 140 Å². The number of carbonyl (C=O) groups is 2. The Kier molecular flexibility index (Phi) is 8.24. The minimum Gasteiger partial charge on any atom is -0.484 e. The zero-order valence-electron chi connectivity index (χ0n) is 19.4. The first-order valence-corrected chi connectivity index (χ1v) is 12.3. The van der Waals surface area contributed by atoms with Crippen LogP contribution in [0.25, 0.3) is 0 Å². The molecule has 1 aromatic heterocycles. The van der Waals surface area contributed by atoms with Crippen molar-refractivity contribution in [3.8, 4) is 17.9 Å². The summed E-state index contributed by atoms with van der Waals surface area (Å²) in [7, 11) is 0. The molecule has 0 spiro atoms. The SMILES string of the molecule is N#CCCN[C@H]1CCc2nc(NC(=O)c3cccc(OCC(=O)Nc4ccc(C#N)cc4)c3)sc2C1. The number of hydrogen-bond acceptors (Lipinski definition) is 8. The van der Waals surface area contributed by atoms with E-state index in [0.29, 0.717) is 46.7 Å². The van der Waals surface area contributed by atoms with E-state index in [2.05, 4.69) is 27.0 Å². The van der Waals surface area contributed by atoms with E-state index >= 15 is 0 Å². The summed E-state index contributed by atoms with van der Waals surface area (Å²) >= 11 is 1.47. The third-order valence-corrected chi connectivity index (χ3v) is 6.63. The maximum Gasteiger partial charge on any atom is 0.262 e. The lowest BCUT2D eigenvalue weighted by atomic mass is 9.98. The molecule has 182 valence electrons. The van der Waals surface area contributed by atoms with Crippen molar-refractivity contribution in [2.45, 2.75) is 31.7 Å². The van der Waals surface area contributed by atoms with E-state index < -0.39 is 0 Å². The number of aromatic nitrogens is 1. The predicted octanol–water partition coefficient (Wildman–Crippen LogP) is 3.65. The maximum absolute atomic E-state index is 12.8. The highest BCUT2D eigenvalue weighted by atomic mass is 32.1. The lowest BCUT2D eigenvalue weighted by Crippen LogP contribution is -2.34. The van der Waals surface area contributed by atoms with Crippen LogP contribution >= 0.6 is 11.3 Å². The number of amides is 2. The van der Waals surface area contributed by atoms with Crippen LogP contribution in [-0.2, 0) is 17.6 Å². The largest absolute Gasteiger partial charge is 0.484 e. The molecule has 2 amide bonds. The monoisotopic (exact) mass is 500 g/mol. The minimum atomic E-state index is -0.358. The summed E-state index contributed by atoms with van der Waals surface area (Å²) in [5.74, 6) is -0.275. The van der Waals surface area contributed by atoms with Crippen molar-refractivity contribution < 1.29 is 14.3 Å². The molecule has 1 atom stereocenters. The van der Waals surface area contributed by atoms with Crippen LogP contribution in [0.4, 0.5) is 10.8 Å². The number of nitrogens with one attached hydrogen (secondary N) is 3. The molecule has 0 bridgehead atoms. The molecule has 10 heteroatoms. The fourth-order valence-electron chi connectivity index (χ4n) is 3.81. The van der Waals surface area contributed by atoms with Gasteiger partial charge in [0, 0.05) is 35.1 Å². The number of nitriles is 2. The Morgan fingerprint density at radius 2 is 1.97 bits per heavy atom. The quantitative estimate of drug-likeness (QED) is 0.381. The van der Waals surface area contributed by atoms with Gasteiger partial charge >= 0.3 is 0 Å². The molecule has 0 saturated heterocycles. The number of fused-ring (bicyclic) bond motifs is 1. The van der Waals surface area contributed by atoms with Gasteiger partial charge in [-0.1, -0.05) is 6.07 Å². The number of rotatable bonds is 9. The second-order valence-corrected chi connectivity index (χ2v) is 9.28. The molecule has 0 fully saturated rings. The minimum absolute atomic E-state index is 0.228. The smallest absolute Gasteiger partial charge is 0.262 e. The molecule has 0 radical (unpaired) electrons. The van der Waals surface area contributed by atoms with Crippen LogP contribution in [0.5, 0.6) is 5.75 Å². The molecule has 36 heavy (non-hydrogen) atoms. The van der Waals surface area contributed by atoms with Crippen LogP contribution in [0.2, 0.25) is 0 Å². The van der Waals surface area contributed by atoms with Crippen molar-refractivity contribution in [3.63, 3.8) is 0 Å². The summed E-state index contributed by atoms with van der Waals surface area (Å²) in [6.45, 7) is 0.447. The highest BCUT2D eigenvalue weighted by molar-refractivity contribution is 7.15. The molecule has 9 nitrogen and oxygen atoms in total. The third kappa shape index (κ3) is 6.66. The van der Waals surface area contributed by atoms with Gasteiger partial charge in [0.2, 0.25) is 0 Å². The highest BCUT2D eigenvalue weighted by Crippen LogP contribution is 2.30. The number of anilines is 2. The number of hydrogen-bond donors (Lipinski definition) is 3. The zero-order chi connectivity index (χ0) is 25.3. The lowest BCUT2D eigenvalue weighted by Gasteiger charge is -2.21. The first-order chi connectivity index (χ1) is 17.5. The van der Waals surface area contributed by atoms with Gasteiger partial charge in [0.25, 0.3) is 11.8 Å². The number of aryl methyl sites for hydroxylation is 1. The fourth-order valence-corrected chi connectivity index (χ4v) is 4.89. The number of nitrogens with zero attached hydrogens (tertiary/aromatic N) is 3. The molecule has 1 aliphatic carbocycles. The van der Waals surface area contributed by atoms with Gasteiger partial charge in [-0.15, -0.1) is 11.3 Å². The molecule has 0 unspecified atom stereocenters. The number of ether oxygens (including phenoxy) is 1. The molecule has 4 rings (SSSR count). The Labute approximate surface area is 212 Å². The van der Waals surface area contributed by atoms with Crippen LogP contribution in [0, 0.1) is 22.7 Å². The van der Waals surface area contributed by atoms with Gasteiger partial charge in [-0.25, -0.2) is 4.98 Å². The Hall–Kier alpha value is -4.25. The predicted molar refractivity (Wildman–Crippen MR) is 136 cm³/mol. The molecule has 2 aromatic carbocycles.